The van der Waals surface area contributed by atoms with Gasteiger partial charge in [-0.25, -0.2) is 0 Å². The molecule has 3 rings (SSSR count). The highest BCUT2D eigenvalue weighted by molar-refractivity contribution is 5.94. The van der Waals surface area contributed by atoms with E-state index in [0.717, 1.165) is 36.8 Å². The molecule has 0 bridgehead atoms. The first-order valence-corrected chi connectivity index (χ1v) is 9.56. The lowest BCUT2D eigenvalue weighted by Gasteiger charge is -2.33. The Bertz CT molecular complexity index is 737. The van der Waals surface area contributed by atoms with Crippen LogP contribution in [0, 0.1) is 6.92 Å². The molecule has 0 aliphatic carbocycles. The summed E-state index contributed by atoms with van der Waals surface area (Å²) in [5, 5.41) is 3.05. The summed E-state index contributed by atoms with van der Waals surface area (Å²) in [6, 6.07) is 11.2. The van der Waals surface area contributed by atoms with Gasteiger partial charge in [-0.1, -0.05) is 13.0 Å². The normalized spacial score (nSPS) is 16.1. The molecule has 1 atom stereocenters. The molecule has 1 fully saturated rings. The monoisotopic (exact) mass is 372 g/mol. The maximum Gasteiger partial charge on any atom is 0.251 e. The van der Waals surface area contributed by atoms with Crippen LogP contribution >= 0.6 is 0 Å². The van der Waals surface area contributed by atoms with Crippen LogP contribution in [0.2, 0.25) is 0 Å². The van der Waals surface area contributed by atoms with Gasteiger partial charge in [-0.3, -0.25) is 9.69 Å². The Morgan fingerprint density at radius 2 is 2.07 bits per heavy atom. The molecule has 6 nitrogen and oxygen atoms in total. The number of amides is 1. The molecule has 6 heteroatoms. The fourth-order valence-electron chi connectivity index (χ4n) is 3.17. The Morgan fingerprint density at radius 1 is 1.26 bits per heavy atom. The smallest absolute Gasteiger partial charge is 0.251 e. The number of nitrogens with one attached hydrogen (secondary N) is 1. The van der Waals surface area contributed by atoms with E-state index in [1.54, 1.807) is 12.1 Å². The molecule has 1 N–H and O–H groups in total. The number of furan rings is 1. The minimum absolute atomic E-state index is 0.00826. The number of carbonyl (C=O) groups is 1. The van der Waals surface area contributed by atoms with Crippen molar-refractivity contribution in [2.45, 2.75) is 26.3 Å². The molecule has 1 unspecified atom stereocenters. The number of carbonyl (C=O) groups excluding carboxylic acids is 1. The van der Waals surface area contributed by atoms with E-state index >= 15 is 0 Å². The lowest BCUT2D eigenvalue weighted by molar-refractivity contribution is 0.0117. The quantitative estimate of drug-likeness (QED) is 0.771. The standard InChI is InChI=1S/C21H28N2O4/c1-3-11-26-18-6-4-5-17(14-18)21(24)22-15-19(20-8-7-16(2)27-20)23-9-12-25-13-10-23/h4-8,14,19H,3,9-13,15H2,1-2H3,(H,22,24). The number of benzene rings is 1. The number of morpholine rings is 1. The Balaban J connectivity index is 1.66. The minimum atomic E-state index is -0.113. The predicted molar refractivity (Wildman–Crippen MR) is 103 cm³/mol. The maximum atomic E-state index is 12.7. The number of ether oxygens (including phenoxy) is 2. The van der Waals surface area contributed by atoms with E-state index in [1.165, 1.54) is 0 Å². The molecule has 0 spiro atoms. The van der Waals surface area contributed by atoms with Crippen molar-refractivity contribution in [2.24, 2.45) is 0 Å². The average molecular weight is 372 g/mol. The summed E-state index contributed by atoms with van der Waals surface area (Å²) in [6.45, 7) is 8.13. The summed E-state index contributed by atoms with van der Waals surface area (Å²) in [5.74, 6) is 2.35. The highest BCUT2D eigenvalue weighted by atomic mass is 16.5. The predicted octanol–water partition coefficient (Wildman–Crippen LogP) is 3.18. The molecule has 1 aliphatic rings. The van der Waals surface area contributed by atoms with Crippen molar-refractivity contribution >= 4 is 5.91 Å². The van der Waals surface area contributed by atoms with Crippen molar-refractivity contribution in [3.63, 3.8) is 0 Å². The Morgan fingerprint density at radius 3 is 2.78 bits per heavy atom. The molecule has 1 saturated heterocycles. The van der Waals surface area contributed by atoms with Gasteiger partial charge in [0.2, 0.25) is 0 Å². The van der Waals surface area contributed by atoms with E-state index in [-0.39, 0.29) is 11.9 Å². The molecule has 0 radical (unpaired) electrons. The van der Waals surface area contributed by atoms with Crippen LogP contribution in [0.15, 0.2) is 40.8 Å². The molecular formula is C21H28N2O4. The Kier molecular flexibility index (Phi) is 6.90. The van der Waals surface area contributed by atoms with Gasteiger partial charge in [0, 0.05) is 25.2 Å². The third-order valence-electron chi connectivity index (χ3n) is 4.60. The van der Waals surface area contributed by atoms with Crippen molar-refractivity contribution in [2.75, 3.05) is 39.5 Å². The van der Waals surface area contributed by atoms with E-state index < -0.39 is 0 Å². The van der Waals surface area contributed by atoms with Gasteiger partial charge in [0.25, 0.3) is 5.91 Å². The summed E-state index contributed by atoms with van der Waals surface area (Å²) < 4.78 is 16.9. The summed E-state index contributed by atoms with van der Waals surface area (Å²) in [7, 11) is 0. The van der Waals surface area contributed by atoms with Crippen LogP contribution in [0.3, 0.4) is 0 Å². The van der Waals surface area contributed by atoms with E-state index in [9.17, 15) is 4.79 Å². The van der Waals surface area contributed by atoms with Gasteiger partial charge in [0.1, 0.15) is 17.3 Å². The van der Waals surface area contributed by atoms with Crippen LogP contribution in [0.25, 0.3) is 0 Å². The van der Waals surface area contributed by atoms with Crippen LogP contribution in [0.1, 0.15) is 41.3 Å². The van der Waals surface area contributed by atoms with Crippen molar-refractivity contribution in [1.82, 2.24) is 10.2 Å². The second-order valence-electron chi connectivity index (χ2n) is 6.70. The van der Waals surface area contributed by atoms with Gasteiger partial charge in [-0.15, -0.1) is 0 Å². The molecule has 2 aromatic rings. The molecular weight excluding hydrogens is 344 g/mol. The summed E-state index contributed by atoms with van der Waals surface area (Å²) in [4.78, 5) is 14.9. The Labute approximate surface area is 160 Å². The number of hydrogen-bond acceptors (Lipinski definition) is 5. The molecule has 1 aromatic heterocycles. The van der Waals surface area contributed by atoms with Gasteiger partial charge in [0.15, 0.2) is 0 Å². The number of rotatable bonds is 8. The fraction of sp³-hybridized carbons (Fsp3) is 0.476. The lowest BCUT2D eigenvalue weighted by Crippen LogP contribution is -2.43. The zero-order chi connectivity index (χ0) is 19.1. The fourth-order valence-corrected chi connectivity index (χ4v) is 3.17. The first kappa shape index (κ1) is 19.5. The molecule has 146 valence electrons. The summed E-state index contributed by atoms with van der Waals surface area (Å²) in [5.41, 5.74) is 0.597. The molecule has 1 aliphatic heterocycles. The third kappa shape index (κ3) is 5.34. The first-order valence-electron chi connectivity index (χ1n) is 9.56. The topological polar surface area (TPSA) is 63.9 Å². The SMILES string of the molecule is CCCOc1cccc(C(=O)NCC(c2ccc(C)o2)N2CCOCC2)c1. The van der Waals surface area contributed by atoms with Crippen molar-refractivity contribution in [3.05, 3.63) is 53.5 Å². The third-order valence-corrected chi connectivity index (χ3v) is 4.60. The van der Waals surface area contributed by atoms with E-state index in [2.05, 4.69) is 17.1 Å². The average Bonchev–Trinajstić information content (AvgIpc) is 3.13. The molecule has 0 saturated carbocycles. The van der Waals surface area contributed by atoms with Gasteiger partial charge >= 0.3 is 0 Å². The van der Waals surface area contributed by atoms with Gasteiger partial charge in [-0.05, 0) is 43.7 Å². The van der Waals surface area contributed by atoms with Crippen LogP contribution in [0.4, 0.5) is 0 Å². The highest BCUT2D eigenvalue weighted by Gasteiger charge is 2.25. The molecule has 2 heterocycles. The van der Waals surface area contributed by atoms with Crippen molar-refractivity contribution in [3.8, 4) is 5.75 Å². The van der Waals surface area contributed by atoms with Crippen LogP contribution in [-0.4, -0.2) is 50.3 Å². The minimum Gasteiger partial charge on any atom is -0.494 e. The van der Waals surface area contributed by atoms with Gasteiger partial charge in [-0.2, -0.15) is 0 Å². The number of nitrogens with zero attached hydrogens (tertiary/aromatic N) is 1. The maximum absolute atomic E-state index is 12.7. The van der Waals surface area contributed by atoms with Crippen molar-refractivity contribution < 1.29 is 18.7 Å². The van der Waals surface area contributed by atoms with Crippen molar-refractivity contribution in [1.29, 1.82) is 0 Å². The van der Waals surface area contributed by atoms with E-state index in [4.69, 9.17) is 13.9 Å². The van der Waals surface area contributed by atoms with E-state index in [1.807, 2.05) is 31.2 Å². The van der Waals surface area contributed by atoms with E-state index in [0.29, 0.717) is 31.9 Å². The Hall–Kier alpha value is -2.31. The van der Waals surface area contributed by atoms with Crippen LogP contribution < -0.4 is 10.1 Å². The van der Waals surface area contributed by atoms with Gasteiger partial charge in [0.05, 0.1) is 25.9 Å². The largest absolute Gasteiger partial charge is 0.494 e. The molecule has 1 aromatic carbocycles. The van der Waals surface area contributed by atoms with Gasteiger partial charge < -0.3 is 19.2 Å². The number of aryl methyl sites for hydroxylation is 1. The second-order valence-corrected chi connectivity index (χ2v) is 6.70. The van der Waals surface area contributed by atoms with Crippen LogP contribution in [-0.2, 0) is 4.74 Å². The lowest BCUT2D eigenvalue weighted by atomic mass is 10.1. The summed E-state index contributed by atoms with van der Waals surface area (Å²) >= 11 is 0. The highest BCUT2D eigenvalue weighted by Crippen LogP contribution is 2.23. The zero-order valence-corrected chi connectivity index (χ0v) is 16.1. The zero-order valence-electron chi connectivity index (χ0n) is 16.1. The number of hydrogen-bond donors (Lipinski definition) is 1. The molecule has 27 heavy (non-hydrogen) atoms. The second kappa shape index (κ2) is 9.58. The summed E-state index contributed by atoms with van der Waals surface area (Å²) in [6.07, 6.45) is 0.931. The van der Waals surface area contributed by atoms with Crippen LogP contribution in [0.5, 0.6) is 5.75 Å². The molecule has 1 amide bonds. The first-order chi connectivity index (χ1) is 13.2.